The van der Waals surface area contributed by atoms with Gasteiger partial charge in [-0.2, -0.15) is 0 Å². The summed E-state index contributed by atoms with van der Waals surface area (Å²) in [6.45, 7) is 5.44. The predicted molar refractivity (Wildman–Crippen MR) is 68.5 cm³/mol. The first kappa shape index (κ1) is 13.0. The molecule has 0 bridgehead atoms. The predicted octanol–water partition coefficient (Wildman–Crippen LogP) is 1.86. The number of carbonyl (C=O) groups is 1. The molecule has 1 aromatic rings. The van der Waals surface area contributed by atoms with Gasteiger partial charge in [0.2, 0.25) is 5.91 Å². The van der Waals surface area contributed by atoms with Crippen molar-refractivity contribution >= 4 is 5.91 Å². The molecule has 1 aromatic carbocycles. The molecule has 0 radical (unpaired) electrons. The first-order valence-electron chi connectivity index (χ1n) is 6.35. The van der Waals surface area contributed by atoms with Gasteiger partial charge in [-0.3, -0.25) is 4.79 Å². The minimum atomic E-state index is -0.300. The molecule has 1 saturated heterocycles. The lowest BCUT2D eigenvalue weighted by atomic mass is 9.96. The monoisotopic (exact) mass is 250 g/mol. The fourth-order valence-electron chi connectivity index (χ4n) is 2.39. The number of benzene rings is 1. The van der Waals surface area contributed by atoms with Crippen LogP contribution in [0.3, 0.4) is 0 Å². The van der Waals surface area contributed by atoms with E-state index in [1.807, 2.05) is 6.92 Å². The average Bonchev–Trinajstić information content (AvgIpc) is 2.76. The second-order valence-electron chi connectivity index (χ2n) is 4.99. The Hall–Kier alpha value is -1.42. The zero-order valence-corrected chi connectivity index (χ0v) is 10.7. The van der Waals surface area contributed by atoms with Crippen LogP contribution in [0.5, 0.6) is 0 Å². The summed E-state index contributed by atoms with van der Waals surface area (Å²) in [6.07, 6.45) is 0. The molecule has 1 fully saturated rings. The van der Waals surface area contributed by atoms with Gasteiger partial charge in [-0.1, -0.05) is 25.1 Å². The van der Waals surface area contributed by atoms with E-state index in [1.165, 1.54) is 6.07 Å². The maximum atomic E-state index is 13.6. The normalized spacial score (nSPS) is 24.8. The summed E-state index contributed by atoms with van der Waals surface area (Å²) in [5, 5.41) is 6.08. The molecule has 3 nitrogen and oxygen atoms in total. The molecule has 0 unspecified atom stereocenters. The molecular weight excluding hydrogens is 231 g/mol. The lowest BCUT2D eigenvalue weighted by Gasteiger charge is -2.19. The number of carbonyl (C=O) groups excluding carboxylic acids is 1. The van der Waals surface area contributed by atoms with Crippen LogP contribution >= 0.6 is 0 Å². The van der Waals surface area contributed by atoms with Crippen LogP contribution in [0, 0.1) is 17.7 Å². The molecule has 4 heteroatoms. The van der Waals surface area contributed by atoms with E-state index in [0.29, 0.717) is 18.0 Å². The number of halogens is 1. The fraction of sp³-hybridized carbons (Fsp3) is 0.500. The van der Waals surface area contributed by atoms with Gasteiger partial charge >= 0.3 is 0 Å². The summed E-state index contributed by atoms with van der Waals surface area (Å²) in [5.41, 5.74) is 0.532. The van der Waals surface area contributed by atoms with Crippen molar-refractivity contribution in [2.24, 2.45) is 11.8 Å². The molecule has 2 N–H and O–H groups in total. The highest BCUT2D eigenvalue weighted by molar-refractivity contribution is 5.80. The Morgan fingerprint density at radius 3 is 2.78 bits per heavy atom. The summed E-state index contributed by atoms with van der Waals surface area (Å²) in [7, 11) is 0. The summed E-state index contributed by atoms with van der Waals surface area (Å²) in [5.74, 6) is 0.0446. The van der Waals surface area contributed by atoms with Gasteiger partial charge in [-0.25, -0.2) is 4.39 Å². The third-order valence-electron chi connectivity index (χ3n) is 3.58. The molecule has 2 rings (SSSR count). The third-order valence-corrected chi connectivity index (χ3v) is 3.58. The summed E-state index contributed by atoms with van der Waals surface area (Å²) < 4.78 is 13.6. The van der Waals surface area contributed by atoms with Crippen molar-refractivity contribution in [3.8, 4) is 0 Å². The maximum Gasteiger partial charge on any atom is 0.225 e. The summed E-state index contributed by atoms with van der Waals surface area (Å²) >= 11 is 0. The van der Waals surface area contributed by atoms with Crippen LogP contribution in [-0.4, -0.2) is 19.0 Å². The zero-order chi connectivity index (χ0) is 13.1. The second-order valence-corrected chi connectivity index (χ2v) is 4.99. The minimum absolute atomic E-state index is 0.00301. The van der Waals surface area contributed by atoms with Crippen molar-refractivity contribution < 1.29 is 9.18 Å². The Kier molecular flexibility index (Phi) is 3.97. The number of amides is 1. The van der Waals surface area contributed by atoms with Gasteiger partial charge in [-0.15, -0.1) is 0 Å². The largest absolute Gasteiger partial charge is 0.349 e. The Bertz CT molecular complexity index is 436. The molecule has 18 heavy (non-hydrogen) atoms. The van der Waals surface area contributed by atoms with Crippen LogP contribution in [0.15, 0.2) is 24.3 Å². The van der Waals surface area contributed by atoms with Crippen molar-refractivity contribution in [2.75, 3.05) is 13.1 Å². The van der Waals surface area contributed by atoms with Crippen LogP contribution in [0.2, 0.25) is 0 Å². The zero-order valence-electron chi connectivity index (χ0n) is 10.7. The van der Waals surface area contributed by atoms with Crippen molar-refractivity contribution in [3.63, 3.8) is 0 Å². The number of hydrogen-bond donors (Lipinski definition) is 2. The van der Waals surface area contributed by atoms with Crippen LogP contribution in [0.25, 0.3) is 0 Å². The van der Waals surface area contributed by atoms with Crippen molar-refractivity contribution in [1.29, 1.82) is 0 Å². The van der Waals surface area contributed by atoms with Crippen LogP contribution in [-0.2, 0) is 4.79 Å². The molecule has 0 aliphatic carbocycles. The van der Waals surface area contributed by atoms with E-state index < -0.39 is 0 Å². The van der Waals surface area contributed by atoms with Gasteiger partial charge in [0.1, 0.15) is 5.82 Å². The highest BCUT2D eigenvalue weighted by Gasteiger charge is 2.30. The Morgan fingerprint density at radius 2 is 2.17 bits per heavy atom. The standard InChI is InChI=1S/C14H19FN2O/c1-9-7-16-8-12(9)14(18)17-10(2)11-5-3-4-6-13(11)15/h3-6,9-10,12,16H,7-8H2,1-2H3,(H,17,18)/t9-,10-,12-/m1/s1. The number of hydrogen-bond acceptors (Lipinski definition) is 2. The van der Waals surface area contributed by atoms with Gasteiger partial charge in [-0.05, 0) is 25.5 Å². The van der Waals surface area contributed by atoms with E-state index in [9.17, 15) is 9.18 Å². The molecule has 1 heterocycles. The Morgan fingerprint density at radius 1 is 1.44 bits per heavy atom. The van der Waals surface area contributed by atoms with E-state index in [2.05, 4.69) is 17.6 Å². The number of rotatable bonds is 3. The molecule has 0 spiro atoms. The van der Waals surface area contributed by atoms with E-state index in [0.717, 1.165) is 6.54 Å². The van der Waals surface area contributed by atoms with Crippen LogP contribution < -0.4 is 10.6 Å². The van der Waals surface area contributed by atoms with Crippen molar-refractivity contribution in [1.82, 2.24) is 10.6 Å². The van der Waals surface area contributed by atoms with Gasteiger partial charge in [0.05, 0.1) is 12.0 Å². The SMILES string of the molecule is C[C@@H]1CNC[C@H]1C(=O)N[C@H](C)c1ccccc1F. The average molecular weight is 250 g/mol. The third kappa shape index (κ3) is 2.70. The van der Waals surface area contributed by atoms with E-state index >= 15 is 0 Å². The van der Waals surface area contributed by atoms with Crippen molar-refractivity contribution in [2.45, 2.75) is 19.9 Å². The molecule has 98 valence electrons. The molecule has 0 aromatic heterocycles. The Labute approximate surface area is 107 Å². The highest BCUT2D eigenvalue weighted by atomic mass is 19.1. The molecular formula is C14H19FN2O. The smallest absolute Gasteiger partial charge is 0.225 e. The van der Waals surface area contributed by atoms with Gasteiger partial charge in [0.25, 0.3) is 0 Å². The van der Waals surface area contributed by atoms with E-state index in [-0.39, 0.29) is 23.7 Å². The topological polar surface area (TPSA) is 41.1 Å². The molecule has 0 saturated carbocycles. The Balaban J connectivity index is 2.01. The fourth-order valence-corrected chi connectivity index (χ4v) is 2.39. The van der Waals surface area contributed by atoms with Gasteiger partial charge in [0.15, 0.2) is 0 Å². The van der Waals surface area contributed by atoms with E-state index in [1.54, 1.807) is 18.2 Å². The first-order valence-corrected chi connectivity index (χ1v) is 6.35. The summed E-state index contributed by atoms with van der Waals surface area (Å²) in [6, 6.07) is 6.25. The summed E-state index contributed by atoms with van der Waals surface area (Å²) in [4.78, 5) is 12.1. The quantitative estimate of drug-likeness (QED) is 0.859. The lowest BCUT2D eigenvalue weighted by molar-refractivity contribution is -0.126. The molecule has 1 amide bonds. The van der Waals surface area contributed by atoms with Gasteiger partial charge < -0.3 is 10.6 Å². The second kappa shape index (κ2) is 5.48. The highest BCUT2D eigenvalue weighted by Crippen LogP contribution is 2.20. The minimum Gasteiger partial charge on any atom is -0.349 e. The van der Waals surface area contributed by atoms with Crippen LogP contribution in [0.4, 0.5) is 4.39 Å². The van der Waals surface area contributed by atoms with Gasteiger partial charge in [0, 0.05) is 12.1 Å². The molecule has 3 atom stereocenters. The molecule has 1 aliphatic rings. The van der Waals surface area contributed by atoms with E-state index in [4.69, 9.17) is 0 Å². The van der Waals surface area contributed by atoms with Crippen molar-refractivity contribution in [3.05, 3.63) is 35.6 Å². The number of nitrogens with one attached hydrogen (secondary N) is 2. The maximum absolute atomic E-state index is 13.6. The molecule has 1 aliphatic heterocycles. The lowest BCUT2D eigenvalue weighted by Crippen LogP contribution is -2.36. The van der Waals surface area contributed by atoms with Crippen LogP contribution in [0.1, 0.15) is 25.5 Å². The first-order chi connectivity index (χ1) is 8.59.